The van der Waals surface area contributed by atoms with Crippen molar-refractivity contribution >= 4 is 11.6 Å². The van der Waals surface area contributed by atoms with Gasteiger partial charge in [0.15, 0.2) is 6.10 Å². The largest absolute Gasteiger partial charge is 0.497 e. The quantitative estimate of drug-likeness (QED) is 0.915. The van der Waals surface area contributed by atoms with Crippen LogP contribution in [0.25, 0.3) is 0 Å². The van der Waals surface area contributed by atoms with Crippen LogP contribution in [0.5, 0.6) is 11.5 Å². The Morgan fingerprint density at radius 1 is 1.09 bits per heavy atom. The number of aryl methyl sites for hydroxylation is 2. The molecule has 2 aromatic carbocycles. The predicted octanol–water partition coefficient (Wildman–Crippen LogP) is 3.72. The summed E-state index contributed by atoms with van der Waals surface area (Å²) in [6.45, 7) is 5.73. The summed E-state index contributed by atoms with van der Waals surface area (Å²) in [6, 6.07) is 13.1. The van der Waals surface area contributed by atoms with Crippen LogP contribution in [0.3, 0.4) is 0 Å². The molecule has 1 N–H and O–H groups in total. The smallest absolute Gasteiger partial charge is 0.265 e. The third-order valence-electron chi connectivity index (χ3n) is 3.36. The lowest BCUT2D eigenvalue weighted by molar-refractivity contribution is -0.122. The number of nitrogens with one attached hydrogen (secondary N) is 1. The second-order valence-corrected chi connectivity index (χ2v) is 5.25. The van der Waals surface area contributed by atoms with Crippen molar-refractivity contribution in [2.75, 3.05) is 12.4 Å². The van der Waals surface area contributed by atoms with Gasteiger partial charge < -0.3 is 14.8 Å². The minimum atomic E-state index is -0.580. The van der Waals surface area contributed by atoms with E-state index in [-0.39, 0.29) is 5.91 Å². The molecule has 4 heteroatoms. The lowest BCUT2D eigenvalue weighted by atomic mass is 10.1. The van der Waals surface area contributed by atoms with Crippen molar-refractivity contribution in [1.82, 2.24) is 0 Å². The van der Waals surface area contributed by atoms with Crippen molar-refractivity contribution in [2.24, 2.45) is 0 Å². The lowest BCUT2D eigenvalue weighted by Crippen LogP contribution is -2.30. The van der Waals surface area contributed by atoms with Gasteiger partial charge in [-0.1, -0.05) is 17.7 Å². The lowest BCUT2D eigenvalue weighted by Gasteiger charge is -2.16. The first-order chi connectivity index (χ1) is 10.5. The van der Waals surface area contributed by atoms with Gasteiger partial charge in [-0.2, -0.15) is 0 Å². The van der Waals surface area contributed by atoms with E-state index < -0.39 is 6.10 Å². The Hall–Kier alpha value is -2.49. The molecule has 0 aromatic heterocycles. The fraction of sp³-hybridized carbons (Fsp3) is 0.278. The molecule has 1 unspecified atom stereocenters. The maximum Gasteiger partial charge on any atom is 0.265 e. The van der Waals surface area contributed by atoms with Gasteiger partial charge in [-0.25, -0.2) is 0 Å². The summed E-state index contributed by atoms with van der Waals surface area (Å²) in [5.41, 5.74) is 2.89. The summed E-state index contributed by atoms with van der Waals surface area (Å²) in [6.07, 6.45) is -0.580. The predicted molar refractivity (Wildman–Crippen MR) is 87.6 cm³/mol. The Kier molecular flexibility index (Phi) is 5.04. The highest BCUT2D eigenvalue weighted by molar-refractivity contribution is 5.94. The maximum atomic E-state index is 12.2. The Morgan fingerprint density at radius 3 is 2.36 bits per heavy atom. The molecule has 1 amide bonds. The third kappa shape index (κ3) is 4.01. The minimum absolute atomic E-state index is 0.190. The first kappa shape index (κ1) is 15.9. The topological polar surface area (TPSA) is 47.6 Å². The molecule has 0 spiro atoms. The molecule has 116 valence electrons. The molecule has 0 aliphatic carbocycles. The molecule has 0 radical (unpaired) electrons. The van der Waals surface area contributed by atoms with Crippen molar-refractivity contribution in [3.63, 3.8) is 0 Å². The Labute approximate surface area is 131 Å². The number of ether oxygens (including phenoxy) is 2. The number of methoxy groups -OCH3 is 1. The van der Waals surface area contributed by atoms with Crippen molar-refractivity contribution < 1.29 is 14.3 Å². The van der Waals surface area contributed by atoms with Gasteiger partial charge in [-0.05, 0) is 56.7 Å². The third-order valence-corrected chi connectivity index (χ3v) is 3.36. The van der Waals surface area contributed by atoms with Gasteiger partial charge >= 0.3 is 0 Å². The van der Waals surface area contributed by atoms with E-state index in [2.05, 4.69) is 5.32 Å². The summed E-state index contributed by atoms with van der Waals surface area (Å²) in [7, 11) is 1.60. The fourth-order valence-electron chi connectivity index (χ4n) is 2.09. The van der Waals surface area contributed by atoms with Crippen molar-refractivity contribution in [2.45, 2.75) is 26.9 Å². The highest BCUT2D eigenvalue weighted by atomic mass is 16.5. The Morgan fingerprint density at radius 2 is 1.77 bits per heavy atom. The van der Waals surface area contributed by atoms with Crippen molar-refractivity contribution in [1.29, 1.82) is 0 Å². The molecule has 22 heavy (non-hydrogen) atoms. The average Bonchev–Trinajstić information content (AvgIpc) is 2.50. The van der Waals surface area contributed by atoms with Crippen LogP contribution in [-0.2, 0) is 4.79 Å². The van der Waals surface area contributed by atoms with Gasteiger partial charge in [0, 0.05) is 5.69 Å². The number of benzene rings is 2. The van der Waals surface area contributed by atoms with E-state index in [1.807, 2.05) is 32.0 Å². The second-order valence-electron chi connectivity index (χ2n) is 5.25. The number of carbonyl (C=O) groups is 1. The zero-order chi connectivity index (χ0) is 16.1. The standard InChI is InChI=1S/C18H21NO3/c1-12-5-10-17(13(2)11-12)22-14(3)18(20)19-15-6-8-16(21-4)9-7-15/h5-11,14H,1-4H3,(H,19,20). The maximum absolute atomic E-state index is 12.2. The molecule has 0 bridgehead atoms. The van der Waals surface area contributed by atoms with Crippen LogP contribution in [0.15, 0.2) is 42.5 Å². The molecular formula is C18H21NO3. The zero-order valence-electron chi connectivity index (χ0n) is 13.3. The summed E-state index contributed by atoms with van der Waals surface area (Å²) in [5.74, 6) is 1.28. The highest BCUT2D eigenvalue weighted by Crippen LogP contribution is 2.21. The van der Waals surface area contributed by atoms with Gasteiger partial charge in [-0.3, -0.25) is 4.79 Å². The number of carbonyl (C=O) groups excluding carboxylic acids is 1. The van der Waals surface area contributed by atoms with Gasteiger partial charge in [0.2, 0.25) is 0 Å². The molecular weight excluding hydrogens is 278 g/mol. The van der Waals surface area contributed by atoms with Crippen LogP contribution in [0, 0.1) is 13.8 Å². The van der Waals surface area contributed by atoms with Crippen LogP contribution in [0.4, 0.5) is 5.69 Å². The molecule has 0 aliphatic heterocycles. The number of amides is 1. The van der Waals surface area contributed by atoms with E-state index in [0.29, 0.717) is 5.69 Å². The van der Waals surface area contributed by atoms with E-state index in [1.165, 1.54) is 5.56 Å². The molecule has 0 saturated heterocycles. The molecule has 0 saturated carbocycles. The normalized spacial score (nSPS) is 11.6. The highest BCUT2D eigenvalue weighted by Gasteiger charge is 2.15. The molecule has 0 heterocycles. The average molecular weight is 299 g/mol. The SMILES string of the molecule is COc1ccc(NC(=O)C(C)Oc2ccc(C)cc2C)cc1. The number of hydrogen-bond donors (Lipinski definition) is 1. The van der Waals surface area contributed by atoms with Crippen LogP contribution in [0.2, 0.25) is 0 Å². The van der Waals surface area contributed by atoms with E-state index in [0.717, 1.165) is 17.1 Å². The van der Waals surface area contributed by atoms with Crippen LogP contribution in [-0.4, -0.2) is 19.1 Å². The van der Waals surface area contributed by atoms with E-state index >= 15 is 0 Å². The Bertz CT molecular complexity index is 650. The molecule has 0 aliphatic rings. The minimum Gasteiger partial charge on any atom is -0.497 e. The number of rotatable bonds is 5. The van der Waals surface area contributed by atoms with Crippen molar-refractivity contribution in [3.8, 4) is 11.5 Å². The molecule has 2 rings (SSSR count). The van der Waals surface area contributed by atoms with E-state index in [1.54, 1.807) is 38.3 Å². The zero-order valence-corrected chi connectivity index (χ0v) is 13.3. The molecule has 0 fully saturated rings. The second kappa shape index (κ2) is 6.98. The van der Waals surface area contributed by atoms with Crippen LogP contribution >= 0.6 is 0 Å². The monoisotopic (exact) mass is 299 g/mol. The molecule has 1 atom stereocenters. The Balaban J connectivity index is 1.99. The first-order valence-electron chi connectivity index (χ1n) is 7.18. The van der Waals surface area contributed by atoms with Crippen LogP contribution < -0.4 is 14.8 Å². The van der Waals surface area contributed by atoms with Gasteiger partial charge in [-0.15, -0.1) is 0 Å². The van der Waals surface area contributed by atoms with E-state index in [4.69, 9.17) is 9.47 Å². The summed E-state index contributed by atoms with van der Waals surface area (Å²) >= 11 is 0. The summed E-state index contributed by atoms with van der Waals surface area (Å²) in [5, 5.41) is 2.82. The summed E-state index contributed by atoms with van der Waals surface area (Å²) < 4.78 is 10.8. The molecule has 2 aromatic rings. The van der Waals surface area contributed by atoms with Crippen LogP contribution in [0.1, 0.15) is 18.1 Å². The van der Waals surface area contributed by atoms with Gasteiger partial charge in [0.1, 0.15) is 11.5 Å². The van der Waals surface area contributed by atoms with Gasteiger partial charge in [0.25, 0.3) is 5.91 Å². The number of hydrogen-bond acceptors (Lipinski definition) is 3. The summed E-state index contributed by atoms with van der Waals surface area (Å²) in [4.78, 5) is 12.2. The van der Waals surface area contributed by atoms with Crippen molar-refractivity contribution in [3.05, 3.63) is 53.6 Å². The van der Waals surface area contributed by atoms with E-state index in [9.17, 15) is 4.79 Å². The number of anilines is 1. The first-order valence-corrected chi connectivity index (χ1v) is 7.18. The molecule has 4 nitrogen and oxygen atoms in total. The van der Waals surface area contributed by atoms with Gasteiger partial charge in [0.05, 0.1) is 7.11 Å². The fourth-order valence-corrected chi connectivity index (χ4v) is 2.09.